The average molecular weight is 425 g/mol. The molecule has 8 heteroatoms. The number of piperidine rings is 1. The molecule has 2 rings (SSSR count). The summed E-state index contributed by atoms with van der Waals surface area (Å²) >= 11 is 0. The normalized spacial score (nSPS) is 16.2. The third-order valence-electron chi connectivity index (χ3n) is 5.51. The van der Waals surface area contributed by atoms with E-state index in [1.54, 1.807) is 6.07 Å². The fourth-order valence-corrected chi connectivity index (χ4v) is 4.60. The predicted octanol–water partition coefficient (Wildman–Crippen LogP) is 2.15. The van der Waals surface area contributed by atoms with Gasteiger partial charge in [-0.15, -0.1) is 0 Å². The largest absolute Gasteiger partial charge is 0.354 e. The maximum absolute atomic E-state index is 12.9. The summed E-state index contributed by atoms with van der Waals surface area (Å²) in [6.07, 6.45) is 3.34. The summed E-state index contributed by atoms with van der Waals surface area (Å²) in [5.74, 6) is 0.518. The molecule has 1 aromatic carbocycles. The van der Waals surface area contributed by atoms with Crippen molar-refractivity contribution in [3.05, 3.63) is 29.3 Å². The van der Waals surface area contributed by atoms with Gasteiger partial charge in [0.25, 0.3) is 0 Å². The Morgan fingerprint density at radius 1 is 1.21 bits per heavy atom. The monoisotopic (exact) mass is 424 g/mol. The van der Waals surface area contributed by atoms with Crippen molar-refractivity contribution in [2.45, 2.75) is 40.0 Å². The first-order chi connectivity index (χ1) is 13.6. The Morgan fingerprint density at radius 2 is 1.86 bits per heavy atom. The van der Waals surface area contributed by atoms with E-state index in [1.807, 2.05) is 26.0 Å². The summed E-state index contributed by atoms with van der Waals surface area (Å²) in [7, 11) is -0.828. The number of rotatable bonds is 9. The van der Waals surface area contributed by atoms with Crippen molar-refractivity contribution in [1.82, 2.24) is 14.5 Å². The van der Waals surface area contributed by atoms with Gasteiger partial charge in [-0.1, -0.05) is 19.1 Å². The molecule has 0 saturated carbocycles. The van der Waals surface area contributed by atoms with Crippen LogP contribution in [0.5, 0.6) is 0 Å². The first-order valence-electron chi connectivity index (χ1n) is 10.4. The molecule has 0 aliphatic carbocycles. The van der Waals surface area contributed by atoms with Crippen molar-refractivity contribution in [2.75, 3.05) is 51.1 Å². The van der Waals surface area contributed by atoms with Crippen molar-refractivity contribution in [2.24, 2.45) is 5.92 Å². The Balaban J connectivity index is 1.96. The van der Waals surface area contributed by atoms with E-state index in [9.17, 15) is 13.2 Å². The zero-order valence-corrected chi connectivity index (χ0v) is 19.3. The highest BCUT2D eigenvalue weighted by atomic mass is 32.2. The van der Waals surface area contributed by atoms with Crippen LogP contribution in [0.2, 0.25) is 0 Å². The smallest absolute Gasteiger partial charge is 0.304 e. The van der Waals surface area contributed by atoms with Gasteiger partial charge in [0.15, 0.2) is 0 Å². The van der Waals surface area contributed by atoms with E-state index >= 15 is 0 Å². The van der Waals surface area contributed by atoms with E-state index in [-0.39, 0.29) is 12.5 Å². The molecule has 0 unspecified atom stereocenters. The van der Waals surface area contributed by atoms with Gasteiger partial charge in [0, 0.05) is 20.6 Å². The van der Waals surface area contributed by atoms with Gasteiger partial charge in [0.2, 0.25) is 5.91 Å². The first kappa shape index (κ1) is 23.6. The first-order valence-corrected chi connectivity index (χ1v) is 11.8. The minimum Gasteiger partial charge on any atom is -0.354 e. The third kappa shape index (κ3) is 6.69. The summed E-state index contributed by atoms with van der Waals surface area (Å²) in [5.41, 5.74) is 2.30. The molecular formula is C21H36N4O3S. The molecular weight excluding hydrogens is 388 g/mol. The lowest BCUT2D eigenvalue weighted by Gasteiger charge is -2.30. The van der Waals surface area contributed by atoms with E-state index in [0.717, 1.165) is 47.4 Å². The molecule has 1 aliphatic heterocycles. The summed E-state index contributed by atoms with van der Waals surface area (Å²) in [6, 6.07) is 5.61. The lowest BCUT2D eigenvalue weighted by Crippen LogP contribution is -2.46. The van der Waals surface area contributed by atoms with E-state index in [2.05, 4.69) is 17.1 Å². The van der Waals surface area contributed by atoms with Crippen LogP contribution in [0.3, 0.4) is 0 Å². The molecule has 1 heterocycles. The maximum atomic E-state index is 12.9. The van der Waals surface area contributed by atoms with Gasteiger partial charge in [-0.2, -0.15) is 12.7 Å². The van der Waals surface area contributed by atoms with Crippen molar-refractivity contribution < 1.29 is 13.2 Å². The molecule has 1 saturated heterocycles. The minimum absolute atomic E-state index is 0.230. The lowest BCUT2D eigenvalue weighted by molar-refractivity contribution is -0.119. The number of carbonyl (C=O) groups is 1. The zero-order valence-electron chi connectivity index (χ0n) is 18.4. The Hall–Kier alpha value is -1.64. The number of likely N-dealkylation sites (tertiary alicyclic amines) is 1. The Labute approximate surface area is 176 Å². The van der Waals surface area contributed by atoms with Gasteiger partial charge in [0.1, 0.15) is 6.54 Å². The topological polar surface area (TPSA) is 73.0 Å². The van der Waals surface area contributed by atoms with Crippen LogP contribution in [-0.2, 0) is 15.0 Å². The molecule has 1 fully saturated rings. The fraction of sp³-hybridized carbons (Fsp3) is 0.667. The van der Waals surface area contributed by atoms with Crippen molar-refractivity contribution in [3.63, 3.8) is 0 Å². The Morgan fingerprint density at radius 3 is 2.48 bits per heavy atom. The minimum atomic E-state index is -3.78. The number of benzene rings is 1. The molecule has 0 spiro atoms. The van der Waals surface area contributed by atoms with Crippen LogP contribution >= 0.6 is 0 Å². The van der Waals surface area contributed by atoms with Gasteiger partial charge in [-0.3, -0.25) is 4.79 Å². The highest BCUT2D eigenvalue weighted by molar-refractivity contribution is 7.90. The summed E-state index contributed by atoms with van der Waals surface area (Å²) in [4.78, 5) is 15.0. The molecule has 1 aromatic rings. The Kier molecular flexibility index (Phi) is 8.48. The van der Waals surface area contributed by atoms with Gasteiger partial charge in [-0.05, 0) is 75.9 Å². The van der Waals surface area contributed by atoms with Crippen molar-refractivity contribution in [1.29, 1.82) is 0 Å². The molecule has 7 nitrogen and oxygen atoms in total. The van der Waals surface area contributed by atoms with E-state index < -0.39 is 10.2 Å². The van der Waals surface area contributed by atoms with E-state index in [0.29, 0.717) is 12.2 Å². The number of carbonyl (C=O) groups excluding carboxylic acids is 1. The highest BCUT2D eigenvalue weighted by Crippen LogP contribution is 2.25. The molecule has 1 aliphatic rings. The third-order valence-corrected chi connectivity index (χ3v) is 7.32. The van der Waals surface area contributed by atoms with Crippen LogP contribution < -0.4 is 9.62 Å². The quantitative estimate of drug-likeness (QED) is 0.617. The van der Waals surface area contributed by atoms with Crippen LogP contribution in [0, 0.1) is 19.8 Å². The van der Waals surface area contributed by atoms with E-state index in [1.165, 1.54) is 31.2 Å². The number of aryl methyl sites for hydroxylation is 2. The SMILES string of the molecule is Cc1ccc(C)c(N(CC(=O)NCCCN2CCC(C)CC2)S(=O)(=O)N(C)C)c1. The fourth-order valence-electron chi connectivity index (χ4n) is 3.48. The zero-order chi connectivity index (χ0) is 21.6. The summed E-state index contributed by atoms with van der Waals surface area (Å²) in [5, 5.41) is 2.89. The van der Waals surface area contributed by atoms with E-state index in [4.69, 9.17) is 0 Å². The molecule has 1 N–H and O–H groups in total. The molecule has 0 aromatic heterocycles. The van der Waals surface area contributed by atoms with Gasteiger partial charge in [0.05, 0.1) is 5.69 Å². The average Bonchev–Trinajstić information content (AvgIpc) is 2.66. The van der Waals surface area contributed by atoms with Crippen molar-refractivity contribution in [3.8, 4) is 0 Å². The Bertz CT molecular complexity index is 787. The number of anilines is 1. The van der Waals surface area contributed by atoms with Crippen LogP contribution in [0.15, 0.2) is 18.2 Å². The highest BCUT2D eigenvalue weighted by Gasteiger charge is 2.28. The molecule has 0 atom stereocenters. The van der Waals surface area contributed by atoms with Crippen LogP contribution in [-0.4, -0.2) is 70.3 Å². The summed E-state index contributed by atoms with van der Waals surface area (Å²) < 4.78 is 28.0. The van der Waals surface area contributed by atoms with Gasteiger partial charge < -0.3 is 10.2 Å². The van der Waals surface area contributed by atoms with Gasteiger partial charge >= 0.3 is 10.2 Å². The van der Waals surface area contributed by atoms with Crippen LogP contribution in [0.1, 0.15) is 37.3 Å². The number of hydrogen-bond acceptors (Lipinski definition) is 4. The van der Waals surface area contributed by atoms with Crippen LogP contribution in [0.4, 0.5) is 5.69 Å². The number of nitrogens with zero attached hydrogens (tertiary/aromatic N) is 3. The molecule has 164 valence electrons. The second-order valence-corrected chi connectivity index (χ2v) is 10.4. The standard InChI is InChI=1S/C21H36N4O3S/c1-17-9-13-24(14-10-17)12-6-11-22-21(26)16-25(29(27,28)23(4)5)20-15-18(2)7-8-19(20)3/h7-8,15,17H,6,9-14,16H2,1-5H3,(H,22,26). The van der Waals surface area contributed by atoms with Gasteiger partial charge in [-0.25, -0.2) is 4.31 Å². The number of amides is 1. The number of hydrogen-bond donors (Lipinski definition) is 1. The molecule has 0 radical (unpaired) electrons. The second-order valence-electron chi connectivity index (χ2n) is 8.31. The maximum Gasteiger partial charge on any atom is 0.304 e. The van der Waals surface area contributed by atoms with Crippen LogP contribution in [0.25, 0.3) is 0 Å². The number of nitrogens with one attached hydrogen (secondary N) is 1. The lowest BCUT2D eigenvalue weighted by atomic mass is 9.99. The molecule has 29 heavy (non-hydrogen) atoms. The predicted molar refractivity (Wildman–Crippen MR) is 118 cm³/mol. The second kappa shape index (κ2) is 10.4. The molecule has 0 bridgehead atoms. The van der Waals surface area contributed by atoms with Crippen molar-refractivity contribution >= 4 is 21.8 Å². The molecule has 1 amide bonds. The summed E-state index contributed by atoms with van der Waals surface area (Å²) in [6.45, 7) is 9.58.